The van der Waals surface area contributed by atoms with E-state index in [0.717, 1.165) is 11.3 Å². The molecule has 1 amide bonds. The number of piperidine rings is 1. The molecule has 0 spiro atoms. The number of pyridine rings is 1. The first kappa shape index (κ1) is 19.2. The van der Waals surface area contributed by atoms with Gasteiger partial charge in [0.05, 0.1) is 12.1 Å². The Morgan fingerprint density at radius 1 is 1.22 bits per heavy atom. The molecule has 0 radical (unpaired) electrons. The molecule has 0 N–H and O–H groups in total. The molecule has 1 aliphatic heterocycles. The number of nitrogens with zero attached hydrogens (tertiary/aromatic N) is 2. The Kier molecular flexibility index (Phi) is 5.68. The lowest BCUT2D eigenvalue weighted by Crippen LogP contribution is -2.42. The molecule has 2 heterocycles. The fourth-order valence-corrected chi connectivity index (χ4v) is 3.09. The van der Waals surface area contributed by atoms with Crippen molar-refractivity contribution in [1.82, 2.24) is 9.88 Å². The molecular formula is C20H21F3N2O2. The van der Waals surface area contributed by atoms with Crippen LogP contribution < -0.4 is 4.74 Å². The van der Waals surface area contributed by atoms with Gasteiger partial charge in [-0.2, -0.15) is 13.2 Å². The third-order valence-electron chi connectivity index (χ3n) is 4.71. The molecule has 4 nitrogen and oxygen atoms in total. The van der Waals surface area contributed by atoms with E-state index in [1.165, 1.54) is 4.90 Å². The van der Waals surface area contributed by atoms with Gasteiger partial charge in [-0.15, -0.1) is 0 Å². The third kappa shape index (κ3) is 4.99. The lowest BCUT2D eigenvalue weighted by molar-refractivity contribution is -0.183. The number of halogens is 3. The maximum Gasteiger partial charge on any atom is 0.391 e. The SMILES string of the molecule is Cc1ccc(OCc2cccc(C(=O)N3CCC(C(F)(F)F)CC3)c2)cn1. The first-order valence-electron chi connectivity index (χ1n) is 8.83. The van der Waals surface area contributed by atoms with Crippen molar-refractivity contribution in [2.45, 2.75) is 32.5 Å². The summed E-state index contributed by atoms with van der Waals surface area (Å²) in [6.45, 7) is 2.41. The first-order valence-corrected chi connectivity index (χ1v) is 8.83. The highest BCUT2D eigenvalue weighted by atomic mass is 19.4. The second-order valence-corrected chi connectivity index (χ2v) is 6.73. The number of aromatic nitrogens is 1. The van der Waals surface area contributed by atoms with Gasteiger partial charge >= 0.3 is 6.18 Å². The summed E-state index contributed by atoms with van der Waals surface area (Å²) in [4.78, 5) is 18.3. The summed E-state index contributed by atoms with van der Waals surface area (Å²) in [5, 5.41) is 0. The molecule has 1 saturated heterocycles. The number of carbonyl (C=O) groups excluding carboxylic acids is 1. The average molecular weight is 378 g/mol. The van der Waals surface area contributed by atoms with E-state index >= 15 is 0 Å². The number of benzene rings is 1. The summed E-state index contributed by atoms with van der Waals surface area (Å²) in [5.41, 5.74) is 2.17. The summed E-state index contributed by atoms with van der Waals surface area (Å²) in [6, 6.07) is 10.7. The second kappa shape index (κ2) is 7.98. The number of likely N-dealkylation sites (tertiary alicyclic amines) is 1. The van der Waals surface area contributed by atoms with E-state index in [2.05, 4.69) is 4.98 Å². The van der Waals surface area contributed by atoms with Crippen molar-refractivity contribution in [3.05, 3.63) is 59.4 Å². The minimum atomic E-state index is -4.18. The van der Waals surface area contributed by atoms with Crippen LogP contribution in [0.3, 0.4) is 0 Å². The molecule has 27 heavy (non-hydrogen) atoms. The van der Waals surface area contributed by atoms with E-state index in [1.54, 1.807) is 24.4 Å². The van der Waals surface area contributed by atoms with Crippen molar-refractivity contribution in [1.29, 1.82) is 0 Å². The fraction of sp³-hybridized carbons (Fsp3) is 0.400. The lowest BCUT2D eigenvalue weighted by Gasteiger charge is -2.33. The first-order chi connectivity index (χ1) is 12.8. The highest BCUT2D eigenvalue weighted by Gasteiger charge is 2.41. The number of hydrogen-bond donors (Lipinski definition) is 0. The van der Waals surface area contributed by atoms with Crippen molar-refractivity contribution >= 4 is 5.91 Å². The summed E-state index contributed by atoms with van der Waals surface area (Å²) >= 11 is 0. The van der Waals surface area contributed by atoms with E-state index < -0.39 is 12.1 Å². The molecule has 1 fully saturated rings. The van der Waals surface area contributed by atoms with Crippen LogP contribution in [0.5, 0.6) is 5.75 Å². The molecule has 1 aliphatic rings. The molecule has 7 heteroatoms. The molecule has 0 unspecified atom stereocenters. The minimum Gasteiger partial charge on any atom is -0.487 e. The van der Waals surface area contributed by atoms with Gasteiger partial charge in [0.25, 0.3) is 5.91 Å². The number of rotatable bonds is 4. The van der Waals surface area contributed by atoms with Crippen LogP contribution in [0, 0.1) is 12.8 Å². The Morgan fingerprint density at radius 3 is 2.59 bits per heavy atom. The molecule has 1 aromatic heterocycles. The highest BCUT2D eigenvalue weighted by Crippen LogP contribution is 2.34. The number of carbonyl (C=O) groups is 1. The van der Waals surface area contributed by atoms with Gasteiger partial charge in [-0.05, 0) is 49.6 Å². The zero-order valence-electron chi connectivity index (χ0n) is 15.0. The number of alkyl halides is 3. The normalized spacial score (nSPS) is 15.6. The van der Waals surface area contributed by atoms with Crippen LogP contribution in [-0.2, 0) is 6.61 Å². The van der Waals surface area contributed by atoms with Gasteiger partial charge in [0.15, 0.2) is 0 Å². The summed E-state index contributed by atoms with van der Waals surface area (Å²) in [7, 11) is 0. The second-order valence-electron chi connectivity index (χ2n) is 6.73. The van der Waals surface area contributed by atoms with Crippen molar-refractivity contribution in [2.75, 3.05) is 13.1 Å². The number of ether oxygens (including phenoxy) is 1. The molecule has 0 bridgehead atoms. The van der Waals surface area contributed by atoms with Gasteiger partial charge in [0.2, 0.25) is 0 Å². The highest BCUT2D eigenvalue weighted by molar-refractivity contribution is 5.94. The molecular weight excluding hydrogens is 357 g/mol. The average Bonchev–Trinajstić information content (AvgIpc) is 2.67. The Morgan fingerprint density at radius 2 is 1.96 bits per heavy atom. The smallest absolute Gasteiger partial charge is 0.391 e. The Labute approximate surface area is 156 Å². The summed E-state index contributed by atoms with van der Waals surface area (Å²) in [6.07, 6.45) is -2.64. The Hall–Kier alpha value is -2.57. The molecule has 2 aromatic rings. The van der Waals surface area contributed by atoms with E-state index in [1.807, 2.05) is 25.1 Å². The van der Waals surface area contributed by atoms with Crippen LogP contribution in [0.2, 0.25) is 0 Å². The standard InChI is InChI=1S/C20H21F3N2O2/c1-14-5-6-18(12-24-14)27-13-15-3-2-4-16(11-15)19(26)25-9-7-17(8-10-25)20(21,22)23/h2-6,11-12,17H,7-10,13H2,1H3. The number of hydrogen-bond acceptors (Lipinski definition) is 3. The van der Waals surface area contributed by atoms with Crippen LogP contribution in [0.1, 0.15) is 34.5 Å². The summed E-state index contributed by atoms with van der Waals surface area (Å²) < 4.78 is 44.0. The minimum absolute atomic E-state index is 0.0432. The largest absolute Gasteiger partial charge is 0.487 e. The summed E-state index contributed by atoms with van der Waals surface area (Å²) in [5.74, 6) is -0.926. The molecule has 1 aromatic carbocycles. The topological polar surface area (TPSA) is 42.4 Å². The molecule has 3 rings (SSSR count). The van der Waals surface area contributed by atoms with Gasteiger partial charge in [-0.3, -0.25) is 9.78 Å². The van der Waals surface area contributed by atoms with Crippen molar-refractivity contribution < 1.29 is 22.7 Å². The Balaban J connectivity index is 1.60. The predicted octanol–water partition coefficient (Wildman–Crippen LogP) is 4.38. The van der Waals surface area contributed by atoms with E-state index in [0.29, 0.717) is 11.3 Å². The van der Waals surface area contributed by atoms with Crippen molar-refractivity contribution in [3.8, 4) is 5.75 Å². The Bertz CT molecular complexity index is 783. The maximum absolute atomic E-state index is 12.8. The number of aryl methyl sites for hydroxylation is 1. The molecule has 0 saturated carbocycles. The third-order valence-corrected chi connectivity index (χ3v) is 4.71. The van der Waals surface area contributed by atoms with Gasteiger partial charge in [-0.1, -0.05) is 12.1 Å². The van der Waals surface area contributed by atoms with Gasteiger partial charge in [0.1, 0.15) is 12.4 Å². The van der Waals surface area contributed by atoms with Gasteiger partial charge < -0.3 is 9.64 Å². The van der Waals surface area contributed by atoms with Crippen molar-refractivity contribution in [2.24, 2.45) is 5.92 Å². The quantitative estimate of drug-likeness (QED) is 0.793. The van der Waals surface area contributed by atoms with E-state index in [4.69, 9.17) is 4.74 Å². The maximum atomic E-state index is 12.8. The fourth-order valence-electron chi connectivity index (χ4n) is 3.09. The van der Waals surface area contributed by atoms with Crippen LogP contribution in [0.4, 0.5) is 13.2 Å². The predicted molar refractivity (Wildman–Crippen MR) is 94.4 cm³/mol. The van der Waals surface area contributed by atoms with Gasteiger partial charge in [0, 0.05) is 24.3 Å². The van der Waals surface area contributed by atoms with Crippen LogP contribution in [-0.4, -0.2) is 35.1 Å². The lowest BCUT2D eigenvalue weighted by atomic mass is 9.95. The zero-order chi connectivity index (χ0) is 19.4. The van der Waals surface area contributed by atoms with Crippen LogP contribution >= 0.6 is 0 Å². The van der Waals surface area contributed by atoms with E-state index in [9.17, 15) is 18.0 Å². The molecule has 0 atom stereocenters. The number of amides is 1. The van der Waals surface area contributed by atoms with E-state index in [-0.39, 0.29) is 38.4 Å². The monoisotopic (exact) mass is 378 g/mol. The molecule has 144 valence electrons. The van der Waals surface area contributed by atoms with Crippen molar-refractivity contribution in [3.63, 3.8) is 0 Å². The van der Waals surface area contributed by atoms with Gasteiger partial charge in [-0.25, -0.2) is 0 Å². The zero-order valence-corrected chi connectivity index (χ0v) is 15.0. The molecule has 0 aliphatic carbocycles. The van der Waals surface area contributed by atoms with Crippen LogP contribution in [0.15, 0.2) is 42.6 Å². The van der Waals surface area contributed by atoms with Crippen LogP contribution in [0.25, 0.3) is 0 Å².